The lowest BCUT2D eigenvalue weighted by Gasteiger charge is -2.10. The molecule has 0 saturated heterocycles. The van der Waals surface area contributed by atoms with Crippen LogP contribution in [-0.2, 0) is 0 Å². The fourth-order valence-electron chi connectivity index (χ4n) is 2.06. The molecule has 0 aliphatic carbocycles. The molecule has 3 rings (SSSR count). The molecule has 4 heteroatoms. The summed E-state index contributed by atoms with van der Waals surface area (Å²) in [6.07, 6.45) is 5.44. The molecule has 3 nitrogen and oxygen atoms in total. The van der Waals surface area contributed by atoms with Crippen molar-refractivity contribution in [3.8, 4) is 22.4 Å². The number of benzene rings is 1. The van der Waals surface area contributed by atoms with Gasteiger partial charge in [-0.2, -0.15) is 5.10 Å². The van der Waals surface area contributed by atoms with E-state index < -0.39 is 0 Å². The van der Waals surface area contributed by atoms with Crippen molar-refractivity contribution < 1.29 is 0 Å². The number of aromatic nitrogens is 3. The third kappa shape index (κ3) is 2.25. The second-order valence-corrected chi connectivity index (χ2v) is 4.78. The molecule has 1 N–H and O–H groups in total. The zero-order valence-corrected chi connectivity index (χ0v) is 11.1. The van der Waals surface area contributed by atoms with Crippen molar-refractivity contribution >= 4 is 11.6 Å². The predicted molar refractivity (Wildman–Crippen MR) is 77.0 cm³/mol. The molecular formula is C15H12ClN3. The van der Waals surface area contributed by atoms with Gasteiger partial charge in [0.15, 0.2) is 0 Å². The van der Waals surface area contributed by atoms with Gasteiger partial charge in [-0.1, -0.05) is 29.8 Å². The molecule has 0 bridgehead atoms. The van der Waals surface area contributed by atoms with E-state index in [1.54, 1.807) is 6.20 Å². The van der Waals surface area contributed by atoms with Crippen LogP contribution in [0.3, 0.4) is 0 Å². The summed E-state index contributed by atoms with van der Waals surface area (Å²) >= 11 is 6.29. The van der Waals surface area contributed by atoms with Gasteiger partial charge in [-0.25, -0.2) is 0 Å². The van der Waals surface area contributed by atoms with Crippen LogP contribution in [0, 0.1) is 6.92 Å². The molecule has 1 aromatic carbocycles. The second-order valence-electron chi connectivity index (χ2n) is 4.38. The van der Waals surface area contributed by atoms with E-state index in [0.29, 0.717) is 0 Å². The molecule has 2 heterocycles. The summed E-state index contributed by atoms with van der Waals surface area (Å²) in [7, 11) is 0. The van der Waals surface area contributed by atoms with Gasteiger partial charge in [-0.3, -0.25) is 10.1 Å². The summed E-state index contributed by atoms with van der Waals surface area (Å²) in [6, 6.07) is 9.88. The largest absolute Gasteiger partial charge is 0.285 e. The first-order valence-corrected chi connectivity index (χ1v) is 6.34. The Labute approximate surface area is 116 Å². The molecule has 0 aliphatic heterocycles. The molecule has 0 fully saturated rings. The fourth-order valence-corrected chi connectivity index (χ4v) is 2.30. The molecule has 0 radical (unpaired) electrons. The summed E-state index contributed by atoms with van der Waals surface area (Å²) in [5.74, 6) is 0. The van der Waals surface area contributed by atoms with Gasteiger partial charge in [0.25, 0.3) is 0 Å². The molecule has 94 valence electrons. The Hall–Kier alpha value is -2.13. The molecule has 0 unspecified atom stereocenters. The highest BCUT2D eigenvalue weighted by Crippen LogP contribution is 2.34. The highest BCUT2D eigenvalue weighted by Gasteiger charge is 2.12. The van der Waals surface area contributed by atoms with Crippen LogP contribution in [0.1, 0.15) is 5.56 Å². The summed E-state index contributed by atoms with van der Waals surface area (Å²) in [5, 5.41) is 7.52. The number of rotatable bonds is 2. The number of nitrogens with one attached hydrogen (secondary N) is 1. The maximum absolute atomic E-state index is 6.29. The van der Waals surface area contributed by atoms with Gasteiger partial charge in [0, 0.05) is 34.1 Å². The van der Waals surface area contributed by atoms with E-state index in [4.69, 9.17) is 11.6 Å². The first-order valence-electron chi connectivity index (χ1n) is 5.96. The van der Waals surface area contributed by atoms with E-state index in [2.05, 4.69) is 21.2 Å². The third-order valence-corrected chi connectivity index (χ3v) is 3.29. The quantitative estimate of drug-likeness (QED) is 0.761. The van der Waals surface area contributed by atoms with E-state index in [1.807, 2.05) is 43.6 Å². The number of H-pyrrole nitrogens is 1. The van der Waals surface area contributed by atoms with Crippen molar-refractivity contribution in [1.82, 2.24) is 15.2 Å². The lowest BCUT2D eigenvalue weighted by atomic mass is 10.00. The van der Waals surface area contributed by atoms with Crippen molar-refractivity contribution in [2.24, 2.45) is 0 Å². The standard InChI is InChI=1S/C15H12ClN3/c1-10-6-13(12-4-2-3-5-14(12)16)15(17-7-10)11-8-18-19-9-11/h2-9H,1H3,(H,18,19). The summed E-state index contributed by atoms with van der Waals surface area (Å²) in [6.45, 7) is 2.02. The SMILES string of the molecule is Cc1cnc(-c2cn[nH]c2)c(-c2ccccc2Cl)c1. The van der Waals surface area contributed by atoms with E-state index in [9.17, 15) is 0 Å². The molecule has 19 heavy (non-hydrogen) atoms. The van der Waals surface area contributed by atoms with Crippen molar-refractivity contribution in [2.45, 2.75) is 6.92 Å². The van der Waals surface area contributed by atoms with Gasteiger partial charge < -0.3 is 0 Å². The zero-order valence-electron chi connectivity index (χ0n) is 10.4. The highest BCUT2D eigenvalue weighted by molar-refractivity contribution is 6.33. The lowest BCUT2D eigenvalue weighted by molar-refractivity contribution is 1.09. The number of aromatic amines is 1. The van der Waals surface area contributed by atoms with Gasteiger partial charge in [-0.15, -0.1) is 0 Å². The molecule has 0 saturated carbocycles. The molecule has 3 aromatic rings. The lowest BCUT2D eigenvalue weighted by Crippen LogP contribution is -1.90. The van der Waals surface area contributed by atoms with Crippen LogP contribution in [0.25, 0.3) is 22.4 Å². The van der Waals surface area contributed by atoms with Crippen LogP contribution < -0.4 is 0 Å². The number of hydrogen-bond donors (Lipinski definition) is 1. The average Bonchev–Trinajstić information content (AvgIpc) is 2.93. The van der Waals surface area contributed by atoms with Gasteiger partial charge in [-0.05, 0) is 24.6 Å². The zero-order chi connectivity index (χ0) is 13.2. The van der Waals surface area contributed by atoms with Crippen LogP contribution in [0.15, 0.2) is 48.9 Å². The second kappa shape index (κ2) is 4.86. The molecule has 2 aromatic heterocycles. The smallest absolute Gasteiger partial charge is 0.0812 e. The third-order valence-electron chi connectivity index (χ3n) is 2.96. The van der Waals surface area contributed by atoms with Crippen LogP contribution in [-0.4, -0.2) is 15.2 Å². The average molecular weight is 270 g/mol. The van der Waals surface area contributed by atoms with E-state index in [1.165, 1.54) is 0 Å². The molecule has 0 amide bonds. The Bertz CT molecular complexity index is 705. The Morgan fingerprint density at radius 2 is 1.95 bits per heavy atom. The van der Waals surface area contributed by atoms with Gasteiger partial charge in [0.1, 0.15) is 0 Å². The topological polar surface area (TPSA) is 41.6 Å². The minimum atomic E-state index is 0.722. The van der Waals surface area contributed by atoms with Crippen molar-refractivity contribution in [2.75, 3.05) is 0 Å². The molecular weight excluding hydrogens is 258 g/mol. The molecule has 0 spiro atoms. The van der Waals surface area contributed by atoms with Crippen molar-refractivity contribution in [1.29, 1.82) is 0 Å². The van der Waals surface area contributed by atoms with Crippen LogP contribution >= 0.6 is 11.6 Å². The van der Waals surface area contributed by atoms with Crippen LogP contribution in [0.4, 0.5) is 0 Å². The molecule has 0 aliphatic rings. The van der Waals surface area contributed by atoms with Gasteiger partial charge >= 0.3 is 0 Å². The Kier molecular flexibility index (Phi) is 3.05. The maximum atomic E-state index is 6.29. The predicted octanol–water partition coefficient (Wildman–Crippen LogP) is 4.10. The summed E-state index contributed by atoms with van der Waals surface area (Å²) in [4.78, 5) is 4.52. The Morgan fingerprint density at radius 3 is 2.68 bits per heavy atom. The normalized spacial score (nSPS) is 10.6. The summed E-state index contributed by atoms with van der Waals surface area (Å²) < 4.78 is 0. The highest BCUT2D eigenvalue weighted by atomic mass is 35.5. The van der Waals surface area contributed by atoms with E-state index in [0.717, 1.165) is 33.0 Å². The van der Waals surface area contributed by atoms with Crippen molar-refractivity contribution in [3.05, 3.63) is 59.5 Å². The minimum Gasteiger partial charge on any atom is -0.285 e. The number of halogens is 1. The number of nitrogens with zero attached hydrogens (tertiary/aromatic N) is 2. The monoisotopic (exact) mass is 269 g/mol. The van der Waals surface area contributed by atoms with Crippen molar-refractivity contribution in [3.63, 3.8) is 0 Å². The minimum absolute atomic E-state index is 0.722. The van der Waals surface area contributed by atoms with Crippen LogP contribution in [0.5, 0.6) is 0 Å². The first kappa shape index (κ1) is 11.9. The van der Waals surface area contributed by atoms with Crippen LogP contribution in [0.2, 0.25) is 5.02 Å². The Balaban J connectivity index is 2.26. The van der Waals surface area contributed by atoms with Gasteiger partial charge in [0.05, 0.1) is 11.9 Å². The summed E-state index contributed by atoms with van der Waals surface area (Å²) in [5.41, 5.74) is 4.94. The number of hydrogen-bond acceptors (Lipinski definition) is 2. The fraction of sp³-hybridized carbons (Fsp3) is 0.0667. The van der Waals surface area contributed by atoms with E-state index >= 15 is 0 Å². The number of pyridine rings is 1. The number of aryl methyl sites for hydroxylation is 1. The Morgan fingerprint density at radius 1 is 1.11 bits per heavy atom. The first-order chi connectivity index (χ1) is 9.25. The van der Waals surface area contributed by atoms with E-state index in [-0.39, 0.29) is 0 Å². The molecule has 0 atom stereocenters. The maximum Gasteiger partial charge on any atom is 0.0812 e. The van der Waals surface area contributed by atoms with Gasteiger partial charge in [0.2, 0.25) is 0 Å².